The second-order valence-electron chi connectivity index (χ2n) is 4.99. The lowest BCUT2D eigenvalue weighted by Gasteiger charge is -2.22. The maximum atomic E-state index is 11.5. The second-order valence-corrected chi connectivity index (χ2v) is 8.21. The van der Waals surface area contributed by atoms with E-state index < -0.39 is 15.8 Å². The fourth-order valence-corrected chi connectivity index (χ4v) is 4.96. The van der Waals surface area contributed by atoms with Crippen LogP contribution in [0.5, 0.6) is 0 Å². The Labute approximate surface area is 122 Å². The third-order valence-electron chi connectivity index (χ3n) is 3.33. The molecule has 2 rings (SSSR count). The van der Waals surface area contributed by atoms with Gasteiger partial charge in [-0.1, -0.05) is 0 Å². The van der Waals surface area contributed by atoms with Gasteiger partial charge in [0.05, 0.1) is 11.5 Å². The molecule has 0 aliphatic carbocycles. The Bertz CT molecular complexity index is 618. The molecule has 1 atom stereocenters. The van der Waals surface area contributed by atoms with Crippen LogP contribution in [0, 0.1) is 0 Å². The molecule has 20 heavy (non-hydrogen) atoms. The first kappa shape index (κ1) is 15.2. The van der Waals surface area contributed by atoms with E-state index in [1.807, 2.05) is 18.5 Å². The Kier molecular flexibility index (Phi) is 4.62. The van der Waals surface area contributed by atoms with Crippen molar-refractivity contribution in [3.05, 3.63) is 28.0 Å². The van der Waals surface area contributed by atoms with Crippen molar-refractivity contribution in [3.63, 3.8) is 0 Å². The predicted molar refractivity (Wildman–Crippen MR) is 79.5 cm³/mol. The van der Waals surface area contributed by atoms with Crippen LogP contribution in [0.3, 0.4) is 0 Å². The molecule has 7 heteroatoms. The standard InChI is InChI=1S/C13H17NO4S2/c1-14(11-4-5-20(17,18)9-11)7-12-6-10(8-19-12)2-3-13(15)16/h2-3,6,8,11H,4-5,7,9H2,1H3,(H,15,16). The molecule has 0 radical (unpaired) electrons. The maximum absolute atomic E-state index is 11.5. The topological polar surface area (TPSA) is 74.7 Å². The number of sulfone groups is 1. The van der Waals surface area contributed by atoms with E-state index in [4.69, 9.17) is 5.11 Å². The molecule has 1 unspecified atom stereocenters. The first-order chi connectivity index (χ1) is 9.35. The van der Waals surface area contributed by atoms with E-state index in [2.05, 4.69) is 4.90 Å². The molecule has 1 aromatic heterocycles. The minimum atomic E-state index is -2.86. The van der Waals surface area contributed by atoms with Crippen molar-refractivity contribution in [2.45, 2.75) is 19.0 Å². The molecule has 0 amide bonds. The molecule has 0 aromatic carbocycles. The Morgan fingerprint density at radius 1 is 1.60 bits per heavy atom. The lowest BCUT2D eigenvalue weighted by Crippen LogP contribution is -2.31. The molecule has 0 spiro atoms. The SMILES string of the molecule is CN(Cc1cc(C=CC(=O)O)cs1)C1CCS(=O)(=O)C1. The number of carbonyl (C=O) groups is 1. The molecular weight excluding hydrogens is 298 g/mol. The van der Waals surface area contributed by atoms with Crippen LogP contribution in [0.15, 0.2) is 17.5 Å². The van der Waals surface area contributed by atoms with Crippen molar-refractivity contribution in [2.75, 3.05) is 18.6 Å². The van der Waals surface area contributed by atoms with E-state index in [1.54, 1.807) is 17.4 Å². The number of aliphatic carboxylic acids is 1. The number of rotatable bonds is 5. The molecule has 2 heterocycles. The van der Waals surface area contributed by atoms with Gasteiger partial charge in [-0.3, -0.25) is 4.90 Å². The first-order valence-electron chi connectivity index (χ1n) is 6.25. The number of carboxylic acids is 1. The van der Waals surface area contributed by atoms with Gasteiger partial charge in [0.1, 0.15) is 0 Å². The van der Waals surface area contributed by atoms with Crippen molar-refractivity contribution >= 4 is 33.2 Å². The lowest BCUT2D eigenvalue weighted by atomic mass is 10.2. The Hall–Kier alpha value is -1.18. The van der Waals surface area contributed by atoms with Crippen LogP contribution in [0.2, 0.25) is 0 Å². The van der Waals surface area contributed by atoms with Gasteiger partial charge in [-0.15, -0.1) is 11.3 Å². The summed E-state index contributed by atoms with van der Waals surface area (Å²) in [4.78, 5) is 13.6. The molecule has 1 aromatic rings. The maximum Gasteiger partial charge on any atom is 0.328 e. The van der Waals surface area contributed by atoms with Crippen LogP contribution < -0.4 is 0 Å². The van der Waals surface area contributed by atoms with E-state index in [0.29, 0.717) is 13.0 Å². The lowest BCUT2D eigenvalue weighted by molar-refractivity contribution is -0.131. The summed E-state index contributed by atoms with van der Waals surface area (Å²) in [5.41, 5.74) is 0.861. The highest BCUT2D eigenvalue weighted by molar-refractivity contribution is 7.91. The summed E-state index contributed by atoms with van der Waals surface area (Å²) in [6.45, 7) is 0.686. The summed E-state index contributed by atoms with van der Waals surface area (Å²) >= 11 is 1.55. The summed E-state index contributed by atoms with van der Waals surface area (Å²) in [5.74, 6) is -0.453. The average molecular weight is 315 g/mol. The molecule has 1 fully saturated rings. The number of thiophene rings is 1. The van der Waals surface area contributed by atoms with E-state index in [9.17, 15) is 13.2 Å². The Balaban J connectivity index is 1.95. The Morgan fingerprint density at radius 3 is 2.95 bits per heavy atom. The highest BCUT2D eigenvalue weighted by Crippen LogP contribution is 2.22. The number of nitrogens with zero attached hydrogens (tertiary/aromatic N) is 1. The molecule has 110 valence electrons. The molecule has 0 saturated carbocycles. The summed E-state index contributed by atoms with van der Waals surface area (Å²) < 4.78 is 22.9. The third-order valence-corrected chi connectivity index (χ3v) is 6.02. The molecule has 5 nitrogen and oxygen atoms in total. The molecule has 1 aliphatic heterocycles. The van der Waals surface area contributed by atoms with E-state index >= 15 is 0 Å². The molecule has 1 aliphatic rings. The Morgan fingerprint density at radius 2 is 2.35 bits per heavy atom. The van der Waals surface area contributed by atoms with Gasteiger partial charge in [0.15, 0.2) is 9.84 Å². The van der Waals surface area contributed by atoms with Crippen molar-refractivity contribution in [1.82, 2.24) is 4.90 Å². The van der Waals surface area contributed by atoms with Crippen LogP contribution in [0.25, 0.3) is 6.08 Å². The van der Waals surface area contributed by atoms with Crippen LogP contribution in [-0.2, 0) is 21.2 Å². The van der Waals surface area contributed by atoms with Crippen molar-refractivity contribution < 1.29 is 18.3 Å². The number of hydrogen-bond acceptors (Lipinski definition) is 5. The zero-order chi connectivity index (χ0) is 14.8. The van der Waals surface area contributed by atoms with Crippen molar-refractivity contribution in [3.8, 4) is 0 Å². The van der Waals surface area contributed by atoms with Crippen molar-refractivity contribution in [1.29, 1.82) is 0 Å². The van der Waals surface area contributed by atoms with Gasteiger partial charge in [-0.05, 0) is 36.6 Å². The number of carboxylic acid groups (broad SMARTS) is 1. The van der Waals surface area contributed by atoms with Crippen LogP contribution in [-0.4, -0.2) is 49.0 Å². The normalized spacial score (nSPS) is 21.8. The summed E-state index contributed by atoms with van der Waals surface area (Å²) in [7, 11) is -0.932. The average Bonchev–Trinajstić information content (AvgIpc) is 2.93. The molecular formula is C13H17NO4S2. The highest BCUT2D eigenvalue weighted by atomic mass is 32.2. The van der Waals surface area contributed by atoms with Crippen LogP contribution in [0.1, 0.15) is 16.9 Å². The second kappa shape index (κ2) is 6.07. The van der Waals surface area contributed by atoms with Gasteiger partial charge in [0.2, 0.25) is 0 Å². The summed E-state index contributed by atoms with van der Waals surface area (Å²) in [5, 5.41) is 10.5. The highest BCUT2D eigenvalue weighted by Gasteiger charge is 2.30. The smallest absolute Gasteiger partial charge is 0.328 e. The van der Waals surface area contributed by atoms with E-state index in [0.717, 1.165) is 16.5 Å². The molecule has 1 saturated heterocycles. The quantitative estimate of drug-likeness (QED) is 0.833. The van der Waals surface area contributed by atoms with Gasteiger partial charge < -0.3 is 5.11 Å². The van der Waals surface area contributed by atoms with Crippen LogP contribution in [0.4, 0.5) is 0 Å². The third kappa shape index (κ3) is 4.16. The minimum absolute atomic E-state index is 0.0834. The van der Waals surface area contributed by atoms with Gasteiger partial charge in [0, 0.05) is 23.5 Å². The largest absolute Gasteiger partial charge is 0.478 e. The van der Waals surface area contributed by atoms with Crippen molar-refractivity contribution in [2.24, 2.45) is 0 Å². The molecule has 0 bridgehead atoms. The van der Waals surface area contributed by atoms with Gasteiger partial charge in [0.25, 0.3) is 0 Å². The van der Waals surface area contributed by atoms with Gasteiger partial charge >= 0.3 is 5.97 Å². The molecule has 1 N–H and O–H groups in total. The van der Waals surface area contributed by atoms with Gasteiger partial charge in [-0.25, -0.2) is 13.2 Å². The number of hydrogen-bond donors (Lipinski definition) is 1. The zero-order valence-corrected chi connectivity index (χ0v) is 12.8. The zero-order valence-electron chi connectivity index (χ0n) is 11.2. The van der Waals surface area contributed by atoms with E-state index in [1.165, 1.54) is 0 Å². The summed E-state index contributed by atoms with van der Waals surface area (Å²) in [6.07, 6.45) is 3.36. The van der Waals surface area contributed by atoms with Crippen LogP contribution >= 0.6 is 11.3 Å². The monoisotopic (exact) mass is 315 g/mol. The fraction of sp³-hybridized carbons (Fsp3) is 0.462. The van der Waals surface area contributed by atoms with E-state index in [-0.39, 0.29) is 17.5 Å². The minimum Gasteiger partial charge on any atom is -0.478 e. The summed E-state index contributed by atoms with van der Waals surface area (Å²) in [6, 6.07) is 2.02. The predicted octanol–water partition coefficient (Wildman–Crippen LogP) is 1.46. The van der Waals surface area contributed by atoms with Gasteiger partial charge in [-0.2, -0.15) is 0 Å². The first-order valence-corrected chi connectivity index (χ1v) is 8.95. The fourth-order valence-electron chi connectivity index (χ4n) is 2.23.